The summed E-state index contributed by atoms with van der Waals surface area (Å²) in [6.45, 7) is 0. The molecule has 0 saturated carbocycles. The molecule has 2 heterocycles. The van der Waals surface area contributed by atoms with Crippen molar-refractivity contribution >= 4 is 56.2 Å². The summed E-state index contributed by atoms with van der Waals surface area (Å²) >= 11 is 1.16. The van der Waals surface area contributed by atoms with Gasteiger partial charge in [0.1, 0.15) is 0 Å². The summed E-state index contributed by atoms with van der Waals surface area (Å²) in [6.07, 6.45) is 0. The molecule has 1 aromatic carbocycles. The quantitative estimate of drug-likeness (QED) is 0.427. The van der Waals surface area contributed by atoms with Crippen LogP contribution in [0.4, 0.5) is 0 Å². The molecule has 3 rings (SSSR count). The van der Waals surface area contributed by atoms with Crippen LogP contribution in [0.5, 0.6) is 0 Å². The Morgan fingerprint density at radius 3 is 1.85 bits per heavy atom. The SMILES string of the molecule is CN(C)C1=NP2(c3ccccc3)=[Se]([Se]1)[Se]C(N(C)C)=N2. The summed E-state index contributed by atoms with van der Waals surface area (Å²) in [5, 5.41) is 1.41. The van der Waals surface area contributed by atoms with E-state index in [4.69, 9.17) is 9.53 Å². The van der Waals surface area contributed by atoms with Gasteiger partial charge in [-0.1, -0.05) is 0 Å². The van der Waals surface area contributed by atoms with Crippen molar-refractivity contribution in [2.45, 2.75) is 0 Å². The van der Waals surface area contributed by atoms with Gasteiger partial charge in [0.2, 0.25) is 0 Å². The molecule has 0 N–H and O–H groups in total. The number of benzene rings is 1. The molecule has 0 aliphatic carbocycles. The molecule has 0 unspecified atom stereocenters. The zero-order chi connectivity index (χ0) is 14.3. The first-order valence-electron chi connectivity index (χ1n) is 6.14. The van der Waals surface area contributed by atoms with E-state index in [1.165, 1.54) is 14.8 Å². The summed E-state index contributed by atoms with van der Waals surface area (Å²) in [7, 11) is 7.77. The van der Waals surface area contributed by atoms with Gasteiger partial charge in [-0.05, 0) is 0 Å². The third-order valence-corrected chi connectivity index (χ3v) is 45.5. The normalized spacial score (nSPS) is 27.9. The van der Waals surface area contributed by atoms with E-state index in [1.807, 2.05) is 0 Å². The molecule has 0 fully saturated rings. The van der Waals surface area contributed by atoms with Crippen LogP contribution in [0.25, 0.3) is 0 Å². The number of amidine groups is 2. The Hall–Kier alpha value is 0.148. The first-order chi connectivity index (χ1) is 9.53. The number of nitrogens with zero attached hydrogens (tertiary/aromatic N) is 4. The van der Waals surface area contributed by atoms with Crippen LogP contribution in [0.1, 0.15) is 0 Å². The van der Waals surface area contributed by atoms with Gasteiger partial charge in [0.15, 0.2) is 0 Å². The Morgan fingerprint density at radius 1 is 0.900 bits per heavy atom. The zero-order valence-electron chi connectivity index (χ0n) is 11.8. The van der Waals surface area contributed by atoms with E-state index >= 15 is 0 Å². The molecular formula is C12H17N4PSe3. The molecule has 0 saturated heterocycles. The fourth-order valence-corrected chi connectivity index (χ4v) is 51.5. The standard InChI is InChI=1S/C12H17N4PSe3/c1-15(2)11-13-17(10-8-6-5-7-9-10)14-12(16(3)4)19-20(17)18-11/h5-9H,1-4H3. The Balaban J connectivity index is 2.16. The molecule has 8 heteroatoms. The van der Waals surface area contributed by atoms with Gasteiger partial charge >= 0.3 is 134 Å². The van der Waals surface area contributed by atoms with Gasteiger partial charge in [0, 0.05) is 0 Å². The first kappa shape index (κ1) is 15.1. The summed E-state index contributed by atoms with van der Waals surface area (Å²) in [6, 6.07) is 10.9. The van der Waals surface area contributed by atoms with Crippen LogP contribution in [-0.4, -0.2) is 83.1 Å². The third-order valence-electron chi connectivity index (χ3n) is 2.80. The second-order valence-corrected chi connectivity index (χ2v) is 37.3. The fourth-order valence-electron chi connectivity index (χ4n) is 1.75. The predicted octanol–water partition coefficient (Wildman–Crippen LogP) is 0.415. The van der Waals surface area contributed by atoms with E-state index < -0.39 is 15.1 Å². The molecule has 0 bridgehead atoms. The maximum absolute atomic E-state index is 5.22. The Kier molecular flexibility index (Phi) is 4.32. The topological polar surface area (TPSA) is 31.2 Å². The molecule has 0 atom stereocenters. The van der Waals surface area contributed by atoms with Crippen LogP contribution in [0.2, 0.25) is 0 Å². The minimum absolute atomic E-state index is 0.578. The molecule has 0 spiro atoms. The van der Waals surface area contributed by atoms with Crippen molar-refractivity contribution < 1.29 is 0 Å². The van der Waals surface area contributed by atoms with Crippen LogP contribution in [-0.2, 0) is 0 Å². The van der Waals surface area contributed by atoms with Crippen molar-refractivity contribution in [3.8, 4) is 0 Å². The number of hydrogen-bond acceptors (Lipinski definition) is 4. The number of hydrogen-bond donors (Lipinski definition) is 0. The molecule has 2 aliphatic heterocycles. The van der Waals surface area contributed by atoms with E-state index in [-0.39, 0.29) is 0 Å². The van der Waals surface area contributed by atoms with Crippen LogP contribution in [0, 0.1) is 0 Å². The van der Waals surface area contributed by atoms with Crippen molar-refractivity contribution in [2.75, 3.05) is 28.2 Å². The minimum atomic E-state index is -1.61. The molecule has 4 nitrogen and oxygen atoms in total. The van der Waals surface area contributed by atoms with Crippen molar-refractivity contribution in [1.29, 1.82) is 0 Å². The molecule has 0 amide bonds. The van der Waals surface area contributed by atoms with Gasteiger partial charge < -0.3 is 0 Å². The predicted molar refractivity (Wildman–Crippen MR) is 92.5 cm³/mol. The molecular weight excluding hydrogens is 468 g/mol. The van der Waals surface area contributed by atoms with Gasteiger partial charge in [0.05, 0.1) is 0 Å². The van der Waals surface area contributed by atoms with E-state index in [0.29, 0.717) is 26.3 Å². The maximum atomic E-state index is 5.22. The van der Waals surface area contributed by atoms with Gasteiger partial charge in [0.25, 0.3) is 0 Å². The van der Waals surface area contributed by atoms with Crippen molar-refractivity contribution in [2.24, 2.45) is 9.53 Å². The van der Waals surface area contributed by atoms with Crippen LogP contribution >= 0.6 is 5.81 Å². The fraction of sp³-hybridized carbons (Fsp3) is 0.333. The zero-order valence-corrected chi connectivity index (χ0v) is 17.9. The summed E-state index contributed by atoms with van der Waals surface area (Å²) in [5.41, 5.74) is 0. The van der Waals surface area contributed by atoms with E-state index in [9.17, 15) is 0 Å². The average Bonchev–Trinajstić information content (AvgIpc) is 2.94. The van der Waals surface area contributed by atoms with E-state index in [0.717, 1.165) is 0 Å². The molecule has 20 heavy (non-hydrogen) atoms. The Labute approximate surface area is 133 Å². The van der Waals surface area contributed by atoms with E-state index in [1.54, 1.807) is 0 Å². The summed E-state index contributed by atoms with van der Waals surface area (Å²) < 4.78 is 13.1. The van der Waals surface area contributed by atoms with Crippen molar-refractivity contribution in [3.63, 3.8) is 0 Å². The first-order valence-corrected chi connectivity index (χ1v) is 20.4. The van der Waals surface area contributed by atoms with Crippen molar-refractivity contribution in [3.05, 3.63) is 30.3 Å². The second kappa shape index (κ2) is 5.74. The Morgan fingerprint density at radius 2 is 1.40 bits per heavy atom. The molecule has 108 valence electrons. The average molecular weight is 485 g/mol. The molecule has 0 radical (unpaired) electrons. The van der Waals surface area contributed by atoms with Gasteiger partial charge in [-0.25, -0.2) is 0 Å². The van der Waals surface area contributed by atoms with Crippen molar-refractivity contribution in [1.82, 2.24) is 9.80 Å². The molecule has 1 aromatic rings. The third kappa shape index (κ3) is 2.51. The molecule has 0 aromatic heterocycles. The monoisotopic (exact) mass is 488 g/mol. The summed E-state index contributed by atoms with van der Waals surface area (Å²) in [5.74, 6) is -1.61. The van der Waals surface area contributed by atoms with Gasteiger partial charge in [-0.2, -0.15) is 0 Å². The van der Waals surface area contributed by atoms with Crippen LogP contribution in [0.3, 0.4) is 0 Å². The second-order valence-electron chi connectivity index (χ2n) is 4.82. The van der Waals surface area contributed by atoms with Gasteiger partial charge in [-0.15, -0.1) is 0 Å². The number of rotatable bonds is 1. The van der Waals surface area contributed by atoms with Gasteiger partial charge in [-0.3, -0.25) is 0 Å². The van der Waals surface area contributed by atoms with Crippen LogP contribution < -0.4 is 5.30 Å². The molecule has 2 aliphatic rings. The van der Waals surface area contributed by atoms with Crippen LogP contribution in [0.15, 0.2) is 39.9 Å². The summed E-state index contributed by atoms with van der Waals surface area (Å²) in [4.78, 5) is 4.43. The Bertz CT molecular complexity index is 618. The van der Waals surface area contributed by atoms with E-state index in [2.05, 4.69) is 68.3 Å².